The molecule has 1 saturated heterocycles. The average molecular weight is 563 g/mol. The van der Waals surface area contributed by atoms with Crippen LogP contribution < -0.4 is 9.61 Å². The largest absolute Gasteiger partial charge is 0.481 e. The van der Waals surface area contributed by atoms with Crippen molar-refractivity contribution in [2.45, 2.75) is 35.5 Å². The molecule has 2 bridgehead atoms. The number of carbonyl (C=O) groups excluding carboxylic acids is 2. The molecule has 39 heavy (non-hydrogen) atoms. The number of fused-ring (bicyclic) bond motifs is 9. The summed E-state index contributed by atoms with van der Waals surface area (Å²) in [6, 6.07) is 17.5. The number of aromatic amines is 1. The van der Waals surface area contributed by atoms with Crippen molar-refractivity contribution in [1.29, 1.82) is 0 Å². The number of carboxylic acid groups (broad SMARTS) is 1. The molecule has 2 N–H and O–H groups in total. The summed E-state index contributed by atoms with van der Waals surface area (Å²) in [6.07, 6.45) is 1.00. The SMILES string of the molecule is O=C(O)CCCN1C(=O)C2C3CC(C2C1=O)C1C3Sc2[nH]c(=O)sc2[C@@H]1c1cccc(Oc2ccccc2)c1. The number of ether oxygens (including phenoxy) is 1. The molecular formula is C29H26N2O6S2. The Kier molecular flexibility index (Phi) is 5.93. The lowest BCUT2D eigenvalue weighted by Gasteiger charge is -2.43. The van der Waals surface area contributed by atoms with Crippen molar-refractivity contribution in [3.05, 3.63) is 74.7 Å². The number of rotatable bonds is 7. The number of thiazole rings is 1. The van der Waals surface area contributed by atoms with Crippen LogP contribution in [0.3, 0.4) is 0 Å². The molecule has 8 nitrogen and oxygen atoms in total. The molecule has 2 saturated carbocycles. The molecule has 4 aliphatic rings. The average Bonchev–Trinajstić information content (AvgIpc) is 3.65. The van der Waals surface area contributed by atoms with E-state index in [1.807, 2.05) is 48.5 Å². The lowest BCUT2D eigenvalue weighted by Crippen LogP contribution is -2.42. The van der Waals surface area contributed by atoms with E-state index in [1.54, 1.807) is 11.8 Å². The molecule has 3 fully saturated rings. The second-order valence-electron chi connectivity index (χ2n) is 10.8. The number of hydrogen-bond acceptors (Lipinski definition) is 7. The highest BCUT2D eigenvalue weighted by Gasteiger charge is 2.69. The van der Waals surface area contributed by atoms with Crippen molar-refractivity contribution >= 4 is 40.9 Å². The molecule has 3 aromatic rings. The molecule has 7 rings (SSSR count). The minimum atomic E-state index is -0.932. The summed E-state index contributed by atoms with van der Waals surface area (Å²) in [7, 11) is 0. The van der Waals surface area contributed by atoms with Gasteiger partial charge in [-0.25, -0.2) is 0 Å². The summed E-state index contributed by atoms with van der Waals surface area (Å²) < 4.78 is 6.13. The van der Waals surface area contributed by atoms with E-state index >= 15 is 0 Å². The topological polar surface area (TPSA) is 117 Å². The van der Waals surface area contributed by atoms with Crippen LogP contribution in [0.25, 0.3) is 0 Å². The van der Waals surface area contributed by atoms with Gasteiger partial charge in [0.2, 0.25) is 11.8 Å². The van der Waals surface area contributed by atoms with Crippen LogP contribution in [0.4, 0.5) is 0 Å². The zero-order chi connectivity index (χ0) is 26.8. The molecule has 7 atom stereocenters. The standard InChI is InChI=1S/C29H26N2O6S2/c32-19(33)10-5-11-31-27(34)22-17-13-18(23(22)28(31)35)24-21(17)20(25-26(38-24)30-29(36)39-25)14-6-4-9-16(12-14)37-15-7-2-1-3-8-15/h1-4,6-9,12,17-18,20-24H,5,10-11,13H2,(H,30,36)(H,32,33)/t17?,18?,20-,21?,22?,23?,24?/m1/s1. The summed E-state index contributed by atoms with van der Waals surface area (Å²) in [5.41, 5.74) is 1.04. The van der Waals surface area contributed by atoms with Gasteiger partial charge in [0, 0.05) is 29.0 Å². The molecule has 10 heteroatoms. The van der Waals surface area contributed by atoms with Gasteiger partial charge in [-0.1, -0.05) is 41.7 Å². The number of likely N-dealkylation sites (tertiary alicyclic amines) is 1. The smallest absolute Gasteiger partial charge is 0.305 e. The van der Waals surface area contributed by atoms with E-state index in [0.29, 0.717) is 5.75 Å². The maximum absolute atomic E-state index is 13.6. The summed E-state index contributed by atoms with van der Waals surface area (Å²) in [5.74, 6) is -0.461. The van der Waals surface area contributed by atoms with E-state index in [1.165, 1.54) is 16.2 Å². The maximum atomic E-state index is 13.6. The molecule has 0 spiro atoms. The van der Waals surface area contributed by atoms with Crippen molar-refractivity contribution in [3.8, 4) is 11.5 Å². The number of nitrogens with zero attached hydrogens (tertiary/aromatic N) is 1. The van der Waals surface area contributed by atoms with Gasteiger partial charge in [-0.15, -0.1) is 11.8 Å². The first-order valence-electron chi connectivity index (χ1n) is 13.2. The van der Waals surface area contributed by atoms with E-state index in [9.17, 15) is 19.2 Å². The highest BCUT2D eigenvalue weighted by molar-refractivity contribution is 8.00. The number of thioether (sulfide) groups is 1. The van der Waals surface area contributed by atoms with Crippen LogP contribution in [0.15, 0.2) is 64.4 Å². The Morgan fingerprint density at radius 3 is 2.51 bits per heavy atom. The quantitative estimate of drug-likeness (QED) is 0.405. The number of benzene rings is 2. The van der Waals surface area contributed by atoms with Crippen LogP contribution in [0, 0.1) is 29.6 Å². The van der Waals surface area contributed by atoms with E-state index in [0.717, 1.165) is 27.6 Å². The van der Waals surface area contributed by atoms with E-state index in [4.69, 9.17) is 9.84 Å². The number of hydrogen-bond donors (Lipinski definition) is 2. The number of para-hydroxylation sites is 1. The number of carbonyl (C=O) groups is 3. The number of imide groups is 1. The third-order valence-corrected chi connectivity index (χ3v) is 11.4. The van der Waals surface area contributed by atoms with E-state index in [-0.39, 0.29) is 76.8 Å². The van der Waals surface area contributed by atoms with Gasteiger partial charge in [0.05, 0.1) is 16.9 Å². The first-order valence-corrected chi connectivity index (χ1v) is 14.9. The number of nitrogens with one attached hydrogen (secondary N) is 1. The Bertz CT molecular complexity index is 1530. The van der Waals surface area contributed by atoms with Crippen molar-refractivity contribution in [2.24, 2.45) is 29.6 Å². The van der Waals surface area contributed by atoms with Crippen LogP contribution in [0.2, 0.25) is 0 Å². The van der Waals surface area contributed by atoms with Gasteiger partial charge in [0.15, 0.2) is 0 Å². The fourth-order valence-electron chi connectivity index (χ4n) is 7.46. The van der Waals surface area contributed by atoms with Crippen LogP contribution in [-0.4, -0.2) is 44.6 Å². The van der Waals surface area contributed by atoms with Crippen molar-refractivity contribution in [3.63, 3.8) is 0 Å². The Morgan fingerprint density at radius 1 is 1.00 bits per heavy atom. The lowest BCUT2D eigenvalue weighted by atomic mass is 9.68. The Hall–Kier alpha value is -3.37. The molecule has 2 aliphatic heterocycles. The molecular weight excluding hydrogens is 536 g/mol. The summed E-state index contributed by atoms with van der Waals surface area (Å²) in [5, 5.41) is 9.99. The number of H-pyrrole nitrogens is 1. The van der Waals surface area contributed by atoms with Crippen molar-refractivity contribution < 1.29 is 24.2 Å². The molecule has 1 aromatic heterocycles. The first kappa shape index (κ1) is 24.7. The fourth-order valence-corrected chi connectivity index (χ4v) is 10.3. The third-order valence-electron chi connectivity index (χ3n) is 8.78. The molecule has 2 aliphatic carbocycles. The molecule has 6 unspecified atom stereocenters. The predicted molar refractivity (Wildman–Crippen MR) is 145 cm³/mol. The number of amides is 2. The Morgan fingerprint density at radius 2 is 1.74 bits per heavy atom. The monoisotopic (exact) mass is 562 g/mol. The zero-order valence-electron chi connectivity index (χ0n) is 20.8. The molecule has 200 valence electrons. The molecule has 0 radical (unpaired) electrons. The van der Waals surface area contributed by atoms with Gasteiger partial charge >= 0.3 is 10.8 Å². The maximum Gasteiger partial charge on any atom is 0.305 e. The number of aromatic nitrogens is 1. The van der Waals surface area contributed by atoms with Crippen LogP contribution in [-0.2, 0) is 14.4 Å². The molecule has 2 amide bonds. The van der Waals surface area contributed by atoms with E-state index in [2.05, 4.69) is 11.1 Å². The van der Waals surface area contributed by atoms with Gasteiger partial charge in [-0.05, 0) is 60.4 Å². The van der Waals surface area contributed by atoms with Crippen LogP contribution in [0.5, 0.6) is 11.5 Å². The minimum Gasteiger partial charge on any atom is -0.481 e. The summed E-state index contributed by atoms with van der Waals surface area (Å²) in [4.78, 5) is 55.7. The lowest BCUT2D eigenvalue weighted by molar-refractivity contribution is -0.142. The number of aliphatic carboxylic acids is 1. The molecule has 2 aromatic carbocycles. The van der Waals surface area contributed by atoms with Gasteiger partial charge in [0.25, 0.3) is 0 Å². The van der Waals surface area contributed by atoms with Crippen LogP contribution in [0.1, 0.15) is 35.6 Å². The van der Waals surface area contributed by atoms with Gasteiger partial charge in [-0.3, -0.25) is 24.1 Å². The summed E-state index contributed by atoms with van der Waals surface area (Å²) >= 11 is 2.89. The highest BCUT2D eigenvalue weighted by Crippen LogP contribution is 2.68. The van der Waals surface area contributed by atoms with Crippen molar-refractivity contribution in [2.75, 3.05) is 6.54 Å². The normalized spacial score (nSPS) is 30.3. The minimum absolute atomic E-state index is 0.0208. The fraction of sp³-hybridized carbons (Fsp3) is 0.379. The van der Waals surface area contributed by atoms with Gasteiger partial charge in [-0.2, -0.15) is 0 Å². The van der Waals surface area contributed by atoms with E-state index < -0.39 is 5.97 Å². The second kappa shape index (κ2) is 9.38. The van der Waals surface area contributed by atoms with Gasteiger partial charge in [0.1, 0.15) is 11.5 Å². The third kappa shape index (κ3) is 3.95. The summed E-state index contributed by atoms with van der Waals surface area (Å²) in [6.45, 7) is 0.155. The van der Waals surface area contributed by atoms with Crippen LogP contribution >= 0.6 is 23.1 Å². The number of carboxylic acids is 1. The molecule has 3 heterocycles. The van der Waals surface area contributed by atoms with Crippen molar-refractivity contribution in [1.82, 2.24) is 9.88 Å². The van der Waals surface area contributed by atoms with Gasteiger partial charge < -0.3 is 14.8 Å². The zero-order valence-corrected chi connectivity index (χ0v) is 22.5. The second-order valence-corrected chi connectivity index (χ2v) is 13.0. The Labute approximate surface area is 232 Å². The highest BCUT2D eigenvalue weighted by atomic mass is 32.2. The first-order chi connectivity index (χ1) is 18.9. The predicted octanol–water partition coefficient (Wildman–Crippen LogP) is 4.57. The Balaban J connectivity index is 1.24.